The summed E-state index contributed by atoms with van der Waals surface area (Å²) < 4.78 is 19.9. The first kappa shape index (κ1) is 16.1. The molecule has 6 nitrogen and oxygen atoms in total. The number of nitrogens with zero attached hydrogens (tertiary/aromatic N) is 3. The summed E-state index contributed by atoms with van der Waals surface area (Å²) in [5, 5.41) is 4.49. The summed E-state index contributed by atoms with van der Waals surface area (Å²) in [4.78, 5) is 4.71. The second-order valence-electron chi connectivity index (χ2n) is 7.64. The highest BCUT2D eigenvalue weighted by atomic mass is 16.7. The Labute approximate surface area is 142 Å². The van der Waals surface area contributed by atoms with E-state index >= 15 is 0 Å². The molecule has 1 unspecified atom stereocenters. The van der Waals surface area contributed by atoms with E-state index in [1.165, 1.54) is 6.42 Å². The van der Waals surface area contributed by atoms with Gasteiger partial charge in [0.05, 0.1) is 28.5 Å². The molecule has 1 atom stereocenters. The van der Waals surface area contributed by atoms with Crippen molar-refractivity contribution >= 4 is 23.7 Å². The third-order valence-corrected chi connectivity index (χ3v) is 5.40. The minimum atomic E-state index is -0.450. The van der Waals surface area contributed by atoms with Gasteiger partial charge in [-0.3, -0.25) is 4.98 Å². The fraction of sp³-hybridized carbons (Fsp3) is 0.647. The topological polar surface area (TPSA) is 58.4 Å². The zero-order valence-electron chi connectivity index (χ0n) is 14.8. The molecule has 128 valence electrons. The second-order valence-corrected chi connectivity index (χ2v) is 7.64. The second kappa shape index (κ2) is 5.54. The standard InChI is InChI=1S/C17H24BN3O3/c1-16(2)17(3,4)24-18(23-16)14-9-8-13-12(20-14)11-19-21(13)15-7-5-6-10-22-15/h8-9,11,15H,5-7,10H2,1-4H3. The normalized spacial score (nSPS) is 26.2. The molecule has 4 heterocycles. The number of ether oxygens (including phenoxy) is 1. The molecular formula is C17H24BN3O3. The van der Waals surface area contributed by atoms with Crippen LogP contribution in [0.15, 0.2) is 18.3 Å². The van der Waals surface area contributed by atoms with Crippen molar-refractivity contribution in [2.75, 3.05) is 6.61 Å². The minimum Gasteiger partial charge on any atom is -0.398 e. The third kappa shape index (κ3) is 2.55. The number of aromatic nitrogens is 3. The maximum Gasteiger partial charge on any atom is 0.514 e. The molecule has 0 N–H and O–H groups in total. The van der Waals surface area contributed by atoms with E-state index < -0.39 is 7.12 Å². The molecule has 0 amide bonds. The average molecular weight is 329 g/mol. The van der Waals surface area contributed by atoms with Crippen LogP contribution in [0, 0.1) is 0 Å². The Bertz CT molecular complexity index is 737. The van der Waals surface area contributed by atoms with Crippen molar-refractivity contribution in [2.24, 2.45) is 0 Å². The first-order chi connectivity index (χ1) is 11.4. The minimum absolute atomic E-state index is 0.0146. The summed E-state index contributed by atoms with van der Waals surface area (Å²) in [5.74, 6) is 0. The molecule has 0 bridgehead atoms. The van der Waals surface area contributed by atoms with Gasteiger partial charge >= 0.3 is 7.12 Å². The van der Waals surface area contributed by atoms with Gasteiger partial charge in [0.1, 0.15) is 5.52 Å². The molecule has 7 heteroatoms. The van der Waals surface area contributed by atoms with Gasteiger partial charge in [-0.05, 0) is 59.1 Å². The molecule has 0 radical (unpaired) electrons. The first-order valence-corrected chi connectivity index (χ1v) is 8.69. The SMILES string of the molecule is CC1(C)OB(c2ccc3c(cnn3C3CCCCO3)n2)OC1(C)C. The van der Waals surface area contributed by atoms with Crippen LogP contribution in [0.4, 0.5) is 0 Å². The van der Waals surface area contributed by atoms with E-state index in [0.717, 1.165) is 36.1 Å². The maximum absolute atomic E-state index is 6.09. The van der Waals surface area contributed by atoms with Gasteiger partial charge in [0.2, 0.25) is 0 Å². The van der Waals surface area contributed by atoms with Gasteiger partial charge in [-0.15, -0.1) is 0 Å². The van der Waals surface area contributed by atoms with Crippen LogP contribution >= 0.6 is 0 Å². The number of fused-ring (bicyclic) bond motifs is 1. The molecule has 2 aromatic rings. The third-order valence-electron chi connectivity index (χ3n) is 5.40. The van der Waals surface area contributed by atoms with Crippen molar-refractivity contribution in [2.45, 2.75) is 64.4 Å². The van der Waals surface area contributed by atoms with Crippen LogP contribution in [-0.4, -0.2) is 39.7 Å². The Hall–Kier alpha value is -1.44. The summed E-state index contributed by atoms with van der Waals surface area (Å²) in [5.41, 5.74) is 1.88. The number of rotatable bonds is 2. The molecule has 4 rings (SSSR count). The van der Waals surface area contributed by atoms with Crippen molar-refractivity contribution in [1.82, 2.24) is 14.8 Å². The van der Waals surface area contributed by atoms with Gasteiger partial charge < -0.3 is 14.0 Å². The highest BCUT2D eigenvalue weighted by Crippen LogP contribution is 2.36. The Balaban J connectivity index is 1.63. The lowest BCUT2D eigenvalue weighted by molar-refractivity contribution is -0.0366. The Morgan fingerprint density at radius 1 is 1.12 bits per heavy atom. The van der Waals surface area contributed by atoms with Gasteiger partial charge in [-0.2, -0.15) is 5.10 Å². The molecular weight excluding hydrogens is 305 g/mol. The highest BCUT2D eigenvalue weighted by molar-refractivity contribution is 6.61. The Morgan fingerprint density at radius 2 is 1.88 bits per heavy atom. The molecule has 2 aliphatic heterocycles. The highest BCUT2D eigenvalue weighted by Gasteiger charge is 2.52. The summed E-state index contributed by atoms with van der Waals surface area (Å²) in [6.45, 7) is 8.98. The number of hydrogen-bond donors (Lipinski definition) is 0. The smallest absolute Gasteiger partial charge is 0.398 e. The summed E-state index contributed by atoms with van der Waals surface area (Å²) in [6, 6.07) is 4.00. The Kier molecular flexibility index (Phi) is 3.71. The summed E-state index contributed by atoms with van der Waals surface area (Å²) in [7, 11) is -0.450. The van der Waals surface area contributed by atoms with Crippen LogP contribution in [0.1, 0.15) is 53.2 Å². The van der Waals surface area contributed by atoms with Gasteiger partial charge in [0.25, 0.3) is 0 Å². The fourth-order valence-corrected chi connectivity index (χ4v) is 3.19. The Morgan fingerprint density at radius 3 is 2.54 bits per heavy atom. The van der Waals surface area contributed by atoms with Gasteiger partial charge in [-0.25, -0.2) is 4.68 Å². The lowest BCUT2D eigenvalue weighted by Crippen LogP contribution is -2.41. The number of hydrogen-bond acceptors (Lipinski definition) is 5. The van der Waals surface area contributed by atoms with Crippen molar-refractivity contribution in [1.29, 1.82) is 0 Å². The quantitative estimate of drug-likeness (QED) is 0.792. The molecule has 0 spiro atoms. The lowest BCUT2D eigenvalue weighted by Gasteiger charge is -2.32. The molecule has 2 aliphatic rings. The number of pyridine rings is 1. The van der Waals surface area contributed by atoms with Crippen LogP contribution in [0.5, 0.6) is 0 Å². The van der Waals surface area contributed by atoms with E-state index in [0.29, 0.717) is 0 Å². The van der Waals surface area contributed by atoms with Crippen molar-refractivity contribution in [3.8, 4) is 0 Å². The lowest BCUT2D eigenvalue weighted by atomic mass is 9.84. The molecule has 2 fully saturated rings. The van der Waals surface area contributed by atoms with Crippen LogP contribution in [0.25, 0.3) is 11.0 Å². The van der Waals surface area contributed by atoms with Crippen molar-refractivity contribution in [3.63, 3.8) is 0 Å². The van der Waals surface area contributed by atoms with Gasteiger partial charge in [0, 0.05) is 6.61 Å². The zero-order valence-corrected chi connectivity index (χ0v) is 14.8. The molecule has 24 heavy (non-hydrogen) atoms. The first-order valence-electron chi connectivity index (χ1n) is 8.69. The zero-order chi connectivity index (χ0) is 16.9. The monoisotopic (exact) mass is 329 g/mol. The maximum atomic E-state index is 6.09. The van der Waals surface area contributed by atoms with E-state index in [1.54, 1.807) is 6.20 Å². The van der Waals surface area contributed by atoms with Gasteiger partial charge in [0.15, 0.2) is 6.23 Å². The molecule has 0 aromatic carbocycles. The predicted octanol–water partition coefficient (Wildman–Crippen LogP) is 2.43. The van der Waals surface area contributed by atoms with E-state index in [4.69, 9.17) is 19.0 Å². The van der Waals surface area contributed by atoms with Crippen LogP contribution in [0.2, 0.25) is 0 Å². The molecule has 0 aliphatic carbocycles. The molecule has 0 saturated carbocycles. The summed E-state index contributed by atoms with van der Waals surface area (Å²) in [6.07, 6.45) is 5.10. The molecule has 2 aromatic heterocycles. The van der Waals surface area contributed by atoms with E-state index in [-0.39, 0.29) is 17.4 Å². The largest absolute Gasteiger partial charge is 0.514 e. The van der Waals surface area contributed by atoms with Crippen molar-refractivity contribution < 1.29 is 14.0 Å². The van der Waals surface area contributed by atoms with Gasteiger partial charge in [-0.1, -0.05) is 0 Å². The van der Waals surface area contributed by atoms with Crippen LogP contribution in [0.3, 0.4) is 0 Å². The van der Waals surface area contributed by atoms with E-state index in [2.05, 4.69) is 5.10 Å². The fourth-order valence-electron chi connectivity index (χ4n) is 3.19. The van der Waals surface area contributed by atoms with E-state index in [1.807, 2.05) is 44.5 Å². The van der Waals surface area contributed by atoms with Crippen molar-refractivity contribution in [3.05, 3.63) is 18.3 Å². The average Bonchev–Trinajstić information content (AvgIpc) is 3.06. The molecule has 2 saturated heterocycles. The predicted molar refractivity (Wildman–Crippen MR) is 92.1 cm³/mol. The van der Waals surface area contributed by atoms with E-state index in [9.17, 15) is 0 Å². The summed E-state index contributed by atoms with van der Waals surface area (Å²) >= 11 is 0. The van der Waals surface area contributed by atoms with Crippen LogP contribution in [-0.2, 0) is 14.0 Å². The van der Waals surface area contributed by atoms with Crippen LogP contribution < -0.4 is 5.59 Å².